The van der Waals surface area contributed by atoms with E-state index in [2.05, 4.69) is 85.8 Å². The van der Waals surface area contributed by atoms with Gasteiger partial charge in [-0.2, -0.15) is 19.6 Å². The van der Waals surface area contributed by atoms with Crippen molar-refractivity contribution in [3.8, 4) is 34.8 Å². The number of nitrogens with one attached hydrogen (secondary N) is 3. The van der Waals surface area contributed by atoms with Gasteiger partial charge in [-0.25, -0.2) is 44.1 Å². The number of pyridine rings is 4. The topological polar surface area (TPSA) is 335 Å². The first-order chi connectivity index (χ1) is 37.5. The van der Waals surface area contributed by atoms with E-state index < -0.39 is 23.4 Å². The maximum absolute atomic E-state index is 13.4. The number of aromatic nitrogens is 18. The molecule has 1 amide bonds. The molecule has 0 spiro atoms. The number of aliphatic carboxylic acids is 1. The zero-order chi connectivity index (χ0) is 53.6. The number of amides is 1. The van der Waals surface area contributed by atoms with Gasteiger partial charge in [0.1, 0.15) is 35.8 Å². The number of H-pyrrole nitrogens is 2. The van der Waals surface area contributed by atoms with E-state index in [4.69, 9.17) is 14.6 Å². The molecule has 12 rings (SSSR count). The number of carbonyl (C=O) groups is 4. The molecule has 29 nitrogen and oxygen atoms in total. The van der Waals surface area contributed by atoms with Crippen LogP contribution in [-0.4, -0.2) is 189 Å². The Morgan fingerprint density at radius 2 is 1.06 bits per heavy atom. The highest BCUT2D eigenvalue weighted by Gasteiger charge is 2.32. The van der Waals surface area contributed by atoms with Gasteiger partial charge in [-0.3, -0.25) is 14.4 Å². The van der Waals surface area contributed by atoms with E-state index >= 15 is 0 Å². The number of aryl methyl sites for hydroxylation is 2. The van der Waals surface area contributed by atoms with Crippen molar-refractivity contribution in [1.82, 2.24) is 99.6 Å². The van der Waals surface area contributed by atoms with E-state index in [1.807, 2.05) is 36.4 Å². The Morgan fingerprint density at radius 1 is 0.584 bits per heavy atom. The summed E-state index contributed by atoms with van der Waals surface area (Å²) in [6.45, 7) is 9.17. The van der Waals surface area contributed by atoms with Crippen LogP contribution < -0.4 is 24.6 Å². The molecule has 2 aliphatic heterocycles. The number of carboxylic acids is 1. The maximum atomic E-state index is 13.4. The number of carbonyl (C=O) groups excluding carboxylic acids is 3. The van der Waals surface area contributed by atoms with Crippen LogP contribution in [0.5, 0.6) is 11.5 Å². The van der Waals surface area contributed by atoms with E-state index in [9.17, 15) is 19.2 Å². The van der Waals surface area contributed by atoms with Gasteiger partial charge in [-0.05, 0) is 38.1 Å². The van der Waals surface area contributed by atoms with Crippen LogP contribution in [0.3, 0.4) is 0 Å². The summed E-state index contributed by atoms with van der Waals surface area (Å²) in [6.07, 6.45) is 15.6. The summed E-state index contributed by atoms with van der Waals surface area (Å²) >= 11 is 0. The van der Waals surface area contributed by atoms with Gasteiger partial charge in [0.15, 0.2) is 34.9 Å². The summed E-state index contributed by atoms with van der Waals surface area (Å²) in [7, 11) is 2.90. The average Bonchev–Trinajstić information content (AvgIpc) is 4.38. The summed E-state index contributed by atoms with van der Waals surface area (Å²) in [5, 5.41) is 37.8. The molecule has 0 atom stereocenters. The second-order valence-corrected chi connectivity index (χ2v) is 17.0. The number of piperazine rings is 2. The number of aromatic amines is 2. The predicted molar refractivity (Wildman–Crippen MR) is 273 cm³/mol. The molecule has 77 heavy (non-hydrogen) atoms. The normalized spacial score (nSPS) is 13.4. The number of anilines is 2. The van der Waals surface area contributed by atoms with E-state index in [0.717, 1.165) is 43.6 Å². The van der Waals surface area contributed by atoms with Crippen LogP contribution in [0.1, 0.15) is 32.4 Å². The number of methoxy groups -OCH3 is 2. The molecular formula is C48H48N22O7. The van der Waals surface area contributed by atoms with Crippen molar-refractivity contribution >= 4 is 56.9 Å². The van der Waals surface area contributed by atoms with E-state index in [1.54, 1.807) is 52.9 Å². The molecule has 29 heteroatoms. The van der Waals surface area contributed by atoms with Crippen molar-refractivity contribution in [1.29, 1.82) is 0 Å². The van der Waals surface area contributed by atoms with Crippen LogP contribution in [0.25, 0.3) is 45.1 Å². The molecule has 12 heterocycles. The lowest BCUT2D eigenvalue weighted by Crippen LogP contribution is -2.51. The summed E-state index contributed by atoms with van der Waals surface area (Å²) in [6, 6.07) is 11.3. The maximum Gasteiger partial charge on any atom is 0.377 e. The SMILES string of the molecule is COc1cnc(-n2cnc(C)n2)c2[nH]cc(C(=O)C(=O)N3CCN(c4cnnn4-c4ccccn4)CC3)c12.COc1cnc(-n2cnc(C)n2)c2[nH]cc(C(=O)C(=O)O)c12.c1ccc(-n2nncc2N2CCNCC2)nc1. The Morgan fingerprint density at radius 3 is 1.49 bits per heavy atom. The molecule has 0 bridgehead atoms. The summed E-state index contributed by atoms with van der Waals surface area (Å²) in [4.78, 5) is 86.7. The first-order valence-electron chi connectivity index (χ1n) is 23.8. The van der Waals surface area contributed by atoms with Gasteiger partial charge in [0, 0.05) is 77.1 Å². The van der Waals surface area contributed by atoms with Crippen LogP contribution in [0.4, 0.5) is 11.6 Å². The quantitative estimate of drug-likeness (QED) is 0.100. The fraction of sp³-hybridized carbons (Fsp3) is 0.250. The molecule has 2 fully saturated rings. The highest BCUT2D eigenvalue weighted by atomic mass is 16.5. The fourth-order valence-electron chi connectivity index (χ4n) is 8.70. The fourth-order valence-corrected chi connectivity index (χ4v) is 8.70. The molecule has 392 valence electrons. The molecular weight excluding hydrogens is 997 g/mol. The van der Waals surface area contributed by atoms with Gasteiger partial charge in [-0.15, -0.1) is 10.2 Å². The van der Waals surface area contributed by atoms with Crippen molar-refractivity contribution in [3.63, 3.8) is 0 Å². The minimum absolute atomic E-state index is 0.000151. The number of Topliss-reactive ketones (excluding diaryl/α,β-unsaturated/α-hetero) is 2. The van der Waals surface area contributed by atoms with Gasteiger partial charge >= 0.3 is 5.97 Å². The minimum atomic E-state index is -1.54. The lowest BCUT2D eigenvalue weighted by Gasteiger charge is -2.35. The van der Waals surface area contributed by atoms with E-state index in [0.29, 0.717) is 88.6 Å². The number of rotatable bonds is 12. The monoisotopic (exact) mass is 1040 g/mol. The van der Waals surface area contributed by atoms with Crippen LogP contribution in [0.2, 0.25) is 0 Å². The van der Waals surface area contributed by atoms with Gasteiger partial charge in [-0.1, -0.05) is 22.6 Å². The van der Waals surface area contributed by atoms with Crippen molar-refractivity contribution in [3.05, 3.63) is 121 Å². The van der Waals surface area contributed by atoms with Gasteiger partial charge in [0.05, 0.1) is 71.9 Å². The van der Waals surface area contributed by atoms with Crippen molar-refractivity contribution in [2.24, 2.45) is 0 Å². The number of ether oxygens (including phenoxy) is 2. The molecule has 10 aromatic heterocycles. The van der Waals surface area contributed by atoms with E-state index in [-0.39, 0.29) is 11.1 Å². The van der Waals surface area contributed by atoms with Crippen LogP contribution >= 0.6 is 0 Å². The molecule has 2 saturated heterocycles. The van der Waals surface area contributed by atoms with Crippen molar-refractivity contribution in [2.45, 2.75) is 13.8 Å². The predicted octanol–water partition coefficient (Wildman–Crippen LogP) is 1.77. The Hall–Kier alpha value is -10.3. The lowest BCUT2D eigenvalue weighted by molar-refractivity contribution is -0.131. The van der Waals surface area contributed by atoms with Crippen LogP contribution in [-0.2, 0) is 9.59 Å². The Labute approximate surface area is 435 Å². The number of carboxylic acid groups (broad SMARTS) is 1. The Balaban J connectivity index is 0.000000145. The molecule has 0 saturated carbocycles. The number of hydrogen-bond donors (Lipinski definition) is 4. The molecule has 0 aliphatic carbocycles. The van der Waals surface area contributed by atoms with Gasteiger partial charge in [0.2, 0.25) is 0 Å². The molecule has 0 unspecified atom stereocenters. The lowest BCUT2D eigenvalue weighted by atomic mass is 10.1. The second kappa shape index (κ2) is 22.0. The standard InChI is InChI=1S/C24H23N11O3.C13H11N5O4.C11H14N6/c1-15-28-14-34(30-15)23-21-20(17(38-2)12-27-23)16(11-26-21)22(36)24(37)33-9-7-32(8-10-33)19-13-29-31-35(19)18-5-3-4-6-25-18;1-6-16-5-18(17-6)12-10-9(8(22-2)4-15-12)7(3-14-10)11(19)13(20)21;1-2-4-13-10(3-1)17-11(9-14-15-17)16-7-5-12-6-8-16/h3-6,11-14,26H,7-10H2,1-2H3;3-5,14H,1-2H3,(H,20,21);1-4,9,12H,5-8H2. The highest BCUT2D eigenvalue weighted by Crippen LogP contribution is 2.33. The Bertz CT molecular complexity index is 3720. The molecule has 4 N–H and O–H groups in total. The highest BCUT2D eigenvalue weighted by molar-refractivity contribution is 6.45. The average molecular weight is 1050 g/mol. The first-order valence-corrected chi connectivity index (χ1v) is 23.8. The number of nitrogens with zero attached hydrogens (tertiary/aromatic N) is 19. The zero-order valence-electron chi connectivity index (χ0n) is 41.8. The number of hydrogen-bond acceptors (Lipinski definition) is 21. The summed E-state index contributed by atoms with van der Waals surface area (Å²) in [5.74, 6) is 2.07. The number of fused-ring (bicyclic) bond motifs is 2. The summed E-state index contributed by atoms with van der Waals surface area (Å²) < 4.78 is 17.0. The molecule has 2 aliphatic rings. The second-order valence-electron chi connectivity index (χ2n) is 17.0. The van der Waals surface area contributed by atoms with E-state index in [1.165, 1.54) is 61.0 Å². The molecule has 0 aromatic carbocycles. The van der Waals surface area contributed by atoms with Crippen molar-refractivity contribution < 1.29 is 33.8 Å². The Kier molecular flexibility index (Phi) is 14.4. The molecule has 10 aromatic rings. The molecule has 0 radical (unpaired) electrons. The minimum Gasteiger partial charge on any atom is -0.494 e. The smallest absolute Gasteiger partial charge is 0.377 e. The third-order valence-electron chi connectivity index (χ3n) is 12.4. The van der Waals surface area contributed by atoms with Crippen LogP contribution in [0, 0.1) is 13.8 Å². The number of ketones is 2. The third-order valence-corrected chi connectivity index (χ3v) is 12.4. The van der Waals surface area contributed by atoms with Crippen molar-refractivity contribution in [2.75, 3.05) is 76.4 Å². The zero-order valence-corrected chi connectivity index (χ0v) is 41.8. The van der Waals surface area contributed by atoms with Gasteiger partial charge < -0.3 is 44.6 Å². The third kappa shape index (κ3) is 10.2. The summed E-state index contributed by atoms with van der Waals surface area (Å²) in [5.41, 5.74) is 1.17. The largest absolute Gasteiger partial charge is 0.494 e. The van der Waals surface area contributed by atoms with Gasteiger partial charge in [0.25, 0.3) is 17.5 Å². The van der Waals surface area contributed by atoms with Crippen LogP contribution in [0.15, 0.2) is 98.6 Å². The first kappa shape index (κ1) is 50.2.